The Bertz CT molecular complexity index is 695. The van der Waals surface area contributed by atoms with Crippen LogP contribution in [0.25, 0.3) is 0 Å². The lowest BCUT2D eigenvalue weighted by Crippen LogP contribution is -2.12. The van der Waals surface area contributed by atoms with Gasteiger partial charge in [-0.15, -0.1) is 0 Å². The Balaban J connectivity index is 2.14. The Labute approximate surface area is 120 Å². The van der Waals surface area contributed by atoms with E-state index in [1.807, 2.05) is 0 Å². The Hall–Kier alpha value is -2.38. The monoisotopic (exact) mass is 289 g/mol. The molecular weight excluding hydrogens is 281 g/mol. The molecule has 0 unspecified atom stereocenters. The zero-order valence-corrected chi connectivity index (χ0v) is 11.0. The maximum Gasteiger partial charge on any atom is 0.201 e. The van der Waals surface area contributed by atoms with E-state index in [4.69, 9.17) is 21.6 Å². The van der Waals surface area contributed by atoms with Crippen LogP contribution in [0.15, 0.2) is 42.5 Å². The summed E-state index contributed by atoms with van der Waals surface area (Å²) in [4.78, 5) is 11.9. The van der Waals surface area contributed by atoms with Crippen LogP contribution in [0.4, 0.5) is 4.39 Å². The van der Waals surface area contributed by atoms with Gasteiger partial charge in [0.05, 0.1) is 5.02 Å². The van der Waals surface area contributed by atoms with Crippen LogP contribution in [0.2, 0.25) is 5.02 Å². The van der Waals surface area contributed by atoms with E-state index in [1.165, 1.54) is 12.1 Å². The summed E-state index contributed by atoms with van der Waals surface area (Å²) in [7, 11) is 0. The van der Waals surface area contributed by atoms with Crippen molar-refractivity contribution in [1.29, 1.82) is 5.26 Å². The number of Topliss-reactive ketones (excluding diaryl/α,β-unsaturated/α-hetero) is 1. The van der Waals surface area contributed by atoms with Gasteiger partial charge in [0.15, 0.2) is 6.61 Å². The molecule has 0 fully saturated rings. The standard InChI is InChI=1S/C15H9ClFNO2/c16-12-5-2-1-4-10(12)14(19)9-20-15-7-3-6-13(17)11(15)8-18/h1-7H,9H2. The number of ether oxygens (including phenoxy) is 1. The zero-order valence-electron chi connectivity index (χ0n) is 10.3. The number of hydrogen-bond donors (Lipinski definition) is 0. The topological polar surface area (TPSA) is 50.1 Å². The third-order valence-electron chi connectivity index (χ3n) is 2.62. The molecule has 2 rings (SSSR count). The summed E-state index contributed by atoms with van der Waals surface area (Å²) >= 11 is 5.90. The van der Waals surface area contributed by atoms with Crippen molar-refractivity contribution in [2.75, 3.05) is 6.61 Å². The van der Waals surface area contributed by atoms with Crippen LogP contribution < -0.4 is 4.74 Å². The van der Waals surface area contributed by atoms with Gasteiger partial charge in [0.1, 0.15) is 23.2 Å². The van der Waals surface area contributed by atoms with Crippen LogP contribution in [0.3, 0.4) is 0 Å². The Kier molecular flexibility index (Phi) is 4.34. The number of nitriles is 1. The highest BCUT2D eigenvalue weighted by Crippen LogP contribution is 2.21. The van der Waals surface area contributed by atoms with Crippen molar-refractivity contribution < 1.29 is 13.9 Å². The van der Waals surface area contributed by atoms with Crippen LogP contribution in [0.5, 0.6) is 5.75 Å². The fourth-order valence-electron chi connectivity index (χ4n) is 1.64. The van der Waals surface area contributed by atoms with E-state index < -0.39 is 5.82 Å². The van der Waals surface area contributed by atoms with Crippen molar-refractivity contribution in [3.63, 3.8) is 0 Å². The molecule has 5 heteroatoms. The number of hydrogen-bond acceptors (Lipinski definition) is 3. The average Bonchev–Trinajstić information content (AvgIpc) is 2.45. The lowest BCUT2D eigenvalue weighted by molar-refractivity contribution is 0.0921. The summed E-state index contributed by atoms with van der Waals surface area (Å²) < 4.78 is 18.6. The molecule has 2 aromatic rings. The summed E-state index contributed by atoms with van der Waals surface area (Å²) in [5, 5.41) is 9.17. The molecule has 0 bridgehead atoms. The molecule has 0 atom stereocenters. The minimum Gasteiger partial charge on any atom is -0.484 e. The quantitative estimate of drug-likeness (QED) is 0.808. The van der Waals surface area contributed by atoms with Gasteiger partial charge in [-0.25, -0.2) is 4.39 Å². The number of benzene rings is 2. The van der Waals surface area contributed by atoms with E-state index >= 15 is 0 Å². The number of carbonyl (C=O) groups excluding carboxylic acids is 1. The summed E-state index contributed by atoms with van der Waals surface area (Å²) in [6.45, 7) is -0.318. The lowest BCUT2D eigenvalue weighted by Gasteiger charge is -2.08. The van der Waals surface area contributed by atoms with Crippen molar-refractivity contribution in [2.45, 2.75) is 0 Å². The predicted molar refractivity (Wildman–Crippen MR) is 72.4 cm³/mol. The van der Waals surface area contributed by atoms with Crippen molar-refractivity contribution >= 4 is 17.4 Å². The minimum atomic E-state index is -0.685. The molecule has 0 radical (unpaired) electrons. The van der Waals surface area contributed by atoms with Gasteiger partial charge >= 0.3 is 0 Å². The highest BCUT2D eigenvalue weighted by Gasteiger charge is 2.13. The predicted octanol–water partition coefficient (Wildman–Crippen LogP) is 3.61. The van der Waals surface area contributed by atoms with Gasteiger partial charge in [0, 0.05) is 5.56 Å². The second-order valence-electron chi connectivity index (χ2n) is 3.92. The van der Waals surface area contributed by atoms with E-state index in [9.17, 15) is 9.18 Å². The Morgan fingerprint density at radius 1 is 1.25 bits per heavy atom. The molecule has 0 aliphatic rings. The molecule has 0 aliphatic heterocycles. The molecular formula is C15H9ClFNO2. The molecule has 0 saturated carbocycles. The molecule has 0 spiro atoms. The fraction of sp³-hybridized carbons (Fsp3) is 0.0667. The van der Waals surface area contributed by atoms with Crippen molar-refractivity contribution in [2.24, 2.45) is 0 Å². The van der Waals surface area contributed by atoms with E-state index in [2.05, 4.69) is 0 Å². The van der Waals surface area contributed by atoms with Crippen molar-refractivity contribution in [3.8, 4) is 11.8 Å². The first-order valence-electron chi connectivity index (χ1n) is 5.72. The number of rotatable bonds is 4. The van der Waals surface area contributed by atoms with E-state index in [0.717, 1.165) is 6.07 Å². The molecule has 0 amide bonds. The van der Waals surface area contributed by atoms with Gasteiger partial charge in [0.25, 0.3) is 0 Å². The number of ketones is 1. The Morgan fingerprint density at radius 3 is 2.70 bits per heavy atom. The third-order valence-corrected chi connectivity index (χ3v) is 2.95. The first-order chi connectivity index (χ1) is 9.63. The number of halogens is 2. The number of carbonyl (C=O) groups is 1. The van der Waals surface area contributed by atoms with Gasteiger partial charge in [0.2, 0.25) is 5.78 Å². The number of nitrogens with zero attached hydrogens (tertiary/aromatic N) is 1. The SMILES string of the molecule is N#Cc1c(F)cccc1OCC(=O)c1ccccc1Cl. The molecule has 0 heterocycles. The largest absolute Gasteiger partial charge is 0.484 e. The van der Waals surface area contributed by atoms with E-state index in [1.54, 1.807) is 30.3 Å². The van der Waals surface area contributed by atoms with Gasteiger partial charge in [-0.3, -0.25) is 4.79 Å². The van der Waals surface area contributed by atoms with Crippen LogP contribution in [-0.2, 0) is 0 Å². The summed E-state index contributed by atoms with van der Waals surface area (Å²) in [6.07, 6.45) is 0. The maximum atomic E-state index is 13.4. The first kappa shape index (κ1) is 14.0. The van der Waals surface area contributed by atoms with Crippen molar-refractivity contribution in [3.05, 3.63) is 64.4 Å². The second-order valence-corrected chi connectivity index (χ2v) is 4.32. The maximum absolute atomic E-state index is 13.4. The lowest BCUT2D eigenvalue weighted by atomic mass is 10.1. The molecule has 2 aromatic carbocycles. The molecule has 0 aliphatic carbocycles. The molecule has 3 nitrogen and oxygen atoms in total. The zero-order chi connectivity index (χ0) is 14.5. The van der Waals surface area contributed by atoms with Crippen LogP contribution in [0, 0.1) is 17.1 Å². The molecule has 100 valence electrons. The molecule has 0 N–H and O–H groups in total. The van der Waals surface area contributed by atoms with Crippen LogP contribution in [0.1, 0.15) is 15.9 Å². The smallest absolute Gasteiger partial charge is 0.201 e. The third kappa shape index (κ3) is 2.95. The van der Waals surface area contributed by atoms with E-state index in [-0.39, 0.29) is 23.7 Å². The summed E-state index contributed by atoms with van der Waals surface area (Å²) in [6, 6.07) is 12.3. The molecule has 20 heavy (non-hydrogen) atoms. The average molecular weight is 290 g/mol. The normalized spacial score (nSPS) is 9.85. The minimum absolute atomic E-state index is 0.0351. The first-order valence-corrected chi connectivity index (χ1v) is 6.10. The van der Waals surface area contributed by atoms with Gasteiger partial charge < -0.3 is 4.74 Å². The summed E-state index contributed by atoms with van der Waals surface area (Å²) in [5.41, 5.74) is 0.100. The molecule has 0 saturated heterocycles. The fourth-order valence-corrected chi connectivity index (χ4v) is 1.88. The molecule has 0 aromatic heterocycles. The highest BCUT2D eigenvalue weighted by atomic mass is 35.5. The highest BCUT2D eigenvalue weighted by molar-refractivity contribution is 6.34. The van der Waals surface area contributed by atoms with Crippen molar-refractivity contribution in [1.82, 2.24) is 0 Å². The van der Waals surface area contributed by atoms with Gasteiger partial charge in [-0.1, -0.05) is 29.8 Å². The van der Waals surface area contributed by atoms with Crippen LogP contribution in [-0.4, -0.2) is 12.4 Å². The second kappa shape index (κ2) is 6.18. The van der Waals surface area contributed by atoms with Gasteiger partial charge in [-0.2, -0.15) is 5.26 Å². The van der Waals surface area contributed by atoms with Crippen LogP contribution >= 0.6 is 11.6 Å². The van der Waals surface area contributed by atoms with E-state index in [0.29, 0.717) is 10.6 Å². The van der Waals surface area contributed by atoms with Gasteiger partial charge in [-0.05, 0) is 24.3 Å². The summed E-state index contributed by atoms with van der Waals surface area (Å²) in [5.74, 6) is -0.994. The Morgan fingerprint density at radius 2 is 2.00 bits per heavy atom.